The third-order valence-corrected chi connectivity index (χ3v) is 1.87. The van der Waals surface area contributed by atoms with Gasteiger partial charge in [-0.15, -0.1) is 0 Å². The minimum atomic E-state index is 0.431. The molecule has 0 N–H and O–H groups in total. The maximum atomic E-state index is 5.11. The van der Waals surface area contributed by atoms with Gasteiger partial charge in [0.05, 0.1) is 19.8 Å². The lowest BCUT2D eigenvalue weighted by Crippen LogP contribution is -1.94. The zero-order valence-electron chi connectivity index (χ0n) is 6.99. The van der Waals surface area contributed by atoms with Gasteiger partial charge in [-0.2, -0.15) is 0 Å². The summed E-state index contributed by atoms with van der Waals surface area (Å²) < 4.78 is 10.1. The number of pyridine rings is 1. The fourth-order valence-corrected chi connectivity index (χ4v) is 1.10. The summed E-state index contributed by atoms with van der Waals surface area (Å²) in [5.74, 6) is 0.662. The first-order valence-corrected chi connectivity index (χ1v) is 3.99. The topological polar surface area (TPSA) is 34.6 Å². The Kier molecular flexibility index (Phi) is 1.96. The summed E-state index contributed by atoms with van der Waals surface area (Å²) in [5, 5.41) is 0. The highest BCUT2D eigenvalue weighted by molar-refractivity contribution is 5.18. The predicted octanol–water partition coefficient (Wildman–Crippen LogP) is 1.03. The summed E-state index contributed by atoms with van der Waals surface area (Å²) in [5.41, 5.74) is 1.21. The van der Waals surface area contributed by atoms with E-state index >= 15 is 0 Å². The summed E-state index contributed by atoms with van der Waals surface area (Å²) in [6, 6.07) is 3.89. The smallest absolute Gasteiger partial charge is 0.212 e. The van der Waals surface area contributed by atoms with Crippen molar-refractivity contribution >= 4 is 0 Å². The van der Waals surface area contributed by atoms with Crippen LogP contribution in [0.3, 0.4) is 0 Å². The van der Waals surface area contributed by atoms with Crippen molar-refractivity contribution in [3.63, 3.8) is 0 Å². The molecule has 1 aliphatic heterocycles. The molecule has 64 valence electrons. The first-order chi connectivity index (χ1) is 5.88. The molecule has 0 spiro atoms. The van der Waals surface area contributed by atoms with E-state index in [4.69, 9.17) is 9.47 Å². The molecule has 0 amide bonds. The lowest BCUT2D eigenvalue weighted by Gasteiger charge is -1.99. The molecule has 2 heterocycles. The Bertz CT molecular complexity index is 254. The second kappa shape index (κ2) is 3.11. The van der Waals surface area contributed by atoms with Crippen LogP contribution in [0.25, 0.3) is 0 Å². The van der Waals surface area contributed by atoms with Gasteiger partial charge in [0.15, 0.2) is 0 Å². The summed E-state index contributed by atoms with van der Waals surface area (Å²) in [4.78, 5) is 4.10. The Labute approximate surface area is 71.3 Å². The molecule has 3 nitrogen and oxygen atoms in total. The number of methoxy groups -OCH3 is 1. The van der Waals surface area contributed by atoms with Crippen LogP contribution in [-0.4, -0.2) is 24.8 Å². The van der Waals surface area contributed by atoms with Crippen LogP contribution in [0.15, 0.2) is 18.3 Å². The Hall–Kier alpha value is -1.09. The van der Waals surface area contributed by atoms with Crippen molar-refractivity contribution in [1.29, 1.82) is 0 Å². The summed E-state index contributed by atoms with van der Waals surface area (Å²) >= 11 is 0. The molecule has 1 aliphatic rings. The van der Waals surface area contributed by atoms with Gasteiger partial charge in [-0.05, 0) is 5.56 Å². The van der Waals surface area contributed by atoms with Crippen molar-refractivity contribution in [2.75, 3.05) is 13.7 Å². The van der Waals surface area contributed by atoms with Crippen LogP contribution in [0.1, 0.15) is 5.56 Å². The Balaban J connectivity index is 2.02. The average molecular weight is 165 g/mol. The number of ether oxygens (including phenoxy) is 2. The minimum absolute atomic E-state index is 0.431. The van der Waals surface area contributed by atoms with Gasteiger partial charge in [-0.25, -0.2) is 4.98 Å². The van der Waals surface area contributed by atoms with Gasteiger partial charge < -0.3 is 9.47 Å². The molecule has 1 aromatic heterocycles. The molecule has 1 aromatic rings. The Morgan fingerprint density at radius 3 is 3.00 bits per heavy atom. The number of aromatic nitrogens is 1. The van der Waals surface area contributed by atoms with Crippen LogP contribution < -0.4 is 4.74 Å². The number of hydrogen-bond acceptors (Lipinski definition) is 3. The van der Waals surface area contributed by atoms with Crippen LogP contribution in [-0.2, 0) is 11.2 Å². The second-order valence-corrected chi connectivity index (χ2v) is 2.87. The fraction of sp³-hybridized carbons (Fsp3) is 0.444. The van der Waals surface area contributed by atoms with E-state index in [9.17, 15) is 0 Å². The SMILES string of the molecule is COc1ccc(CC2CO2)cn1. The number of nitrogens with zero attached hydrogens (tertiary/aromatic N) is 1. The van der Waals surface area contributed by atoms with Crippen molar-refractivity contribution < 1.29 is 9.47 Å². The van der Waals surface area contributed by atoms with Crippen LogP contribution in [0.2, 0.25) is 0 Å². The maximum absolute atomic E-state index is 5.11. The van der Waals surface area contributed by atoms with E-state index in [1.54, 1.807) is 7.11 Å². The maximum Gasteiger partial charge on any atom is 0.212 e. The number of rotatable bonds is 3. The molecule has 0 saturated carbocycles. The molecule has 1 atom stereocenters. The third kappa shape index (κ3) is 1.74. The summed E-state index contributed by atoms with van der Waals surface area (Å²) in [6.45, 7) is 0.895. The van der Waals surface area contributed by atoms with E-state index in [2.05, 4.69) is 4.98 Å². The van der Waals surface area contributed by atoms with E-state index < -0.39 is 0 Å². The Morgan fingerprint density at radius 1 is 1.67 bits per heavy atom. The second-order valence-electron chi connectivity index (χ2n) is 2.87. The molecule has 2 rings (SSSR count). The van der Waals surface area contributed by atoms with Crippen LogP contribution in [0.4, 0.5) is 0 Å². The molecule has 1 unspecified atom stereocenters. The monoisotopic (exact) mass is 165 g/mol. The minimum Gasteiger partial charge on any atom is -0.481 e. The largest absolute Gasteiger partial charge is 0.481 e. The first-order valence-electron chi connectivity index (χ1n) is 3.99. The zero-order valence-corrected chi connectivity index (χ0v) is 6.99. The molecule has 12 heavy (non-hydrogen) atoms. The van der Waals surface area contributed by atoms with E-state index in [-0.39, 0.29) is 0 Å². The molecule has 3 heteroatoms. The summed E-state index contributed by atoms with van der Waals surface area (Å²) in [6.07, 6.45) is 3.23. The first kappa shape index (κ1) is 7.55. The van der Waals surface area contributed by atoms with E-state index in [1.165, 1.54) is 5.56 Å². The van der Waals surface area contributed by atoms with Crippen LogP contribution >= 0.6 is 0 Å². The fourth-order valence-electron chi connectivity index (χ4n) is 1.10. The van der Waals surface area contributed by atoms with Gasteiger partial charge in [0, 0.05) is 18.7 Å². The quantitative estimate of drug-likeness (QED) is 0.627. The normalized spacial score (nSPS) is 20.6. The van der Waals surface area contributed by atoms with Gasteiger partial charge >= 0.3 is 0 Å². The molecular weight excluding hydrogens is 154 g/mol. The third-order valence-electron chi connectivity index (χ3n) is 1.87. The van der Waals surface area contributed by atoms with E-state index in [1.807, 2.05) is 18.3 Å². The van der Waals surface area contributed by atoms with Crippen LogP contribution in [0.5, 0.6) is 5.88 Å². The molecule has 0 radical (unpaired) electrons. The predicted molar refractivity (Wildman–Crippen MR) is 44.2 cm³/mol. The molecular formula is C9H11NO2. The number of hydrogen-bond donors (Lipinski definition) is 0. The van der Waals surface area contributed by atoms with Crippen molar-refractivity contribution in [2.24, 2.45) is 0 Å². The van der Waals surface area contributed by atoms with Gasteiger partial charge in [-0.1, -0.05) is 6.07 Å². The highest BCUT2D eigenvalue weighted by Gasteiger charge is 2.22. The average Bonchev–Trinajstić information content (AvgIpc) is 2.90. The number of epoxide rings is 1. The molecule has 1 fully saturated rings. The van der Waals surface area contributed by atoms with E-state index in [0.29, 0.717) is 12.0 Å². The lowest BCUT2D eigenvalue weighted by atomic mass is 10.2. The van der Waals surface area contributed by atoms with Crippen molar-refractivity contribution in [1.82, 2.24) is 4.98 Å². The Morgan fingerprint density at radius 2 is 2.50 bits per heavy atom. The molecule has 0 aliphatic carbocycles. The van der Waals surface area contributed by atoms with Crippen molar-refractivity contribution in [2.45, 2.75) is 12.5 Å². The van der Waals surface area contributed by atoms with Gasteiger partial charge in [0.2, 0.25) is 5.88 Å². The standard InChI is InChI=1S/C9H11NO2/c1-11-9-3-2-7(5-10-9)4-8-6-12-8/h2-3,5,8H,4,6H2,1H3. The highest BCUT2D eigenvalue weighted by Crippen LogP contribution is 2.16. The molecule has 0 aromatic carbocycles. The van der Waals surface area contributed by atoms with Crippen molar-refractivity contribution in [3.05, 3.63) is 23.9 Å². The molecule has 0 bridgehead atoms. The highest BCUT2D eigenvalue weighted by atomic mass is 16.6. The van der Waals surface area contributed by atoms with Gasteiger partial charge in [0.25, 0.3) is 0 Å². The van der Waals surface area contributed by atoms with Crippen LogP contribution in [0, 0.1) is 0 Å². The van der Waals surface area contributed by atoms with Gasteiger partial charge in [-0.3, -0.25) is 0 Å². The molecule has 1 saturated heterocycles. The van der Waals surface area contributed by atoms with E-state index in [0.717, 1.165) is 13.0 Å². The van der Waals surface area contributed by atoms with Crippen molar-refractivity contribution in [3.8, 4) is 5.88 Å². The lowest BCUT2D eigenvalue weighted by molar-refractivity contribution is 0.395. The summed E-state index contributed by atoms with van der Waals surface area (Å²) in [7, 11) is 1.62. The van der Waals surface area contributed by atoms with Gasteiger partial charge in [0.1, 0.15) is 0 Å². The zero-order chi connectivity index (χ0) is 8.39.